The molecule has 0 saturated heterocycles. The minimum absolute atomic E-state index is 0.333. The Labute approximate surface area is 101 Å². The fraction of sp³-hybridized carbons (Fsp3) is 0.385. The second-order valence-corrected chi connectivity index (χ2v) is 12.7. The molecule has 0 amide bonds. The monoisotopic (exact) mass is 278 g/mol. The minimum atomic E-state index is -0.393. The van der Waals surface area contributed by atoms with Crippen LogP contribution in [0.5, 0.6) is 0 Å². The summed E-state index contributed by atoms with van der Waals surface area (Å²) in [7, 11) is -0.393. The van der Waals surface area contributed by atoms with Crippen molar-refractivity contribution in [3.05, 3.63) is 35.9 Å². The zero-order valence-electron chi connectivity index (χ0n) is 10.4. The van der Waals surface area contributed by atoms with Gasteiger partial charge in [-0.3, -0.25) is 0 Å². The molecular formula is C13H20GeSi. The van der Waals surface area contributed by atoms with Crippen LogP contribution in [0.25, 0.3) is 0 Å². The molecule has 0 aliphatic heterocycles. The number of hydrogen-bond donors (Lipinski definition) is 0. The van der Waals surface area contributed by atoms with Crippen molar-refractivity contribution in [2.45, 2.75) is 30.4 Å². The van der Waals surface area contributed by atoms with Crippen molar-refractivity contribution < 1.29 is 0 Å². The van der Waals surface area contributed by atoms with Crippen molar-refractivity contribution in [3.8, 4) is 11.5 Å². The van der Waals surface area contributed by atoms with Gasteiger partial charge in [-0.15, -0.1) is 5.54 Å². The molecule has 2 heteroatoms. The molecular weight excluding hydrogens is 257 g/mol. The number of rotatable bonds is 0. The van der Waals surface area contributed by atoms with E-state index in [0.717, 1.165) is 5.56 Å². The maximum absolute atomic E-state index is 3.21. The van der Waals surface area contributed by atoms with E-state index in [2.05, 4.69) is 41.8 Å². The molecule has 0 unspecified atom stereocenters. The third-order valence-corrected chi connectivity index (χ3v) is 1.86. The fourth-order valence-corrected chi connectivity index (χ4v) is 1.11. The van der Waals surface area contributed by atoms with Gasteiger partial charge in [-0.05, 0) is 12.1 Å². The Morgan fingerprint density at radius 3 is 1.87 bits per heavy atom. The first kappa shape index (κ1) is 14.5. The fourth-order valence-electron chi connectivity index (χ4n) is 0.719. The summed E-state index contributed by atoms with van der Waals surface area (Å²) in [5.41, 5.74) is 4.34. The normalized spacial score (nSPS) is 9.00. The van der Waals surface area contributed by atoms with Gasteiger partial charge in [-0.25, -0.2) is 0 Å². The van der Waals surface area contributed by atoms with Crippen LogP contribution >= 0.6 is 0 Å². The van der Waals surface area contributed by atoms with Gasteiger partial charge >= 0.3 is 31.6 Å². The van der Waals surface area contributed by atoms with Crippen LogP contribution in [0.1, 0.15) is 5.56 Å². The van der Waals surface area contributed by atoms with E-state index in [9.17, 15) is 0 Å². The van der Waals surface area contributed by atoms with Crippen molar-refractivity contribution in [1.29, 1.82) is 0 Å². The molecule has 0 nitrogen and oxygen atoms in total. The Morgan fingerprint density at radius 1 is 1.00 bits per heavy atom. The standard InChI is InChI=1S/C10H11Si.C3H9Ge/c1-11(2)9-8-10-6-4-3-5-7-10;1-4(2)3/h3-7H,1-2H3;1-3H3. The van der Waals surface area contributed by atoms with Gasteiger partial charge in [0.15, 0.2) is 0 Å². The molecule has 0 aliphatic rings. The predicted octanol–water partition coefficient (Wildman–Crippen LogP) is 3.70. The van der Waals surface area contributed by atoms with Crippen LogP contribution < -0.4 is 0 Å². The SMILES string of the molecule is C[Si](C)C#Cc1ccccc1.[CH3][Ge]([CH3])[CH3]. The van der Waals surface area contributed by atoms with E-state index in [1.54, 1.807) is 0 Å². The third-order valence-electron chi connectivity index (χ3n) is 1.23. The van der Waals surface area contributed by atoms with Gasteiger partial charge in [-0.1, -0.05) is 37.2 Å². The molecule has 0 fully saturated rings. The van der Waals surface area contributed by atoms with E-state index in [0.29, 0.717) is 0 Å². The van der Waals surface area contributed by atoms with Crippen molar-refractivity contribution in [1.82, 2.24) is 0 Å². The first-order chi connectivity index (χ1) is 7.02. The number of hydrogen-bond acceptors (Lipinski definition) is 0. The summed E-state index contributed by atoms with van der Waals surface area (Å²) in [6, 6.07) is 10.1. The number of benzene rings is 1. The summed E-state index contributed by atoms with van der Waals surface area (Å²) >= 11 is -0.333. The zero-order valence-corrected chi connectivity index (χ0v) is 13.5. The Kier molecular flexibility index (Phi) is 8.55. The van der Waals surface area contributed by atoms with Crippen LogP contribution in [0, 0.1) is 11.5 Å². The second kappa shape index (κ2) is 8.82. The quantitative estimate of drug-likeness (QED) is 0.501. The van der Waals surface area contributed by atoms with Gasteiger partial charge in [0.1, 0.15) is 8.80 Å². The van der Waals surface area contributed by atoms with E-state index in [-0.39, 0.29) is 14.3 Å². The van der Waals surface area contributed by atoms with Gasteiger partial charge < -0.3 is 0 Å². The molecule has 15 heavy (non-hydrogen) atoms. The Morgan fingerprint density at radius 2 is 1.47 bits per heavy atom. The van der Waals surface area contributed by atoms with Crippen molar-refractivity contribution >= 4 is 23.1 Å². The summed E-state index contributed by atoms with van der Waals surface area (Å²) in [6.45, 7) is 4.39. The van der Waals surface area contributed by atoms with E-state index in [1.165, 1.54) is 0 Å². The van der Waals surface area contributed by atoms with Gasteiger partial charge in [0, 0.05) is 5.56 Å². The summed E-state index contributed by atoms with van der Waals surface area (Å²) in [4.78, 5) is 0. The molecule has 0 aromatic heterocycles. The Balaban J connectivity index is 0.000000423. The van der Waals surface area contributed by atoms with Crippen molar-refractivity contribution in [2.75, 3.05) is 0 Å². The maximum atomic E-state index is 3.21. The topological polar surface area (TPSA) is 0 Å². The average Bonchev–Trinajstić information content (AvgIpc) is 2.15. The molecule has 2 radical (unpaired) electrons. The predicted molar refractivity (Wildman–Crippen MR) is 74.1 cm³/mol. The third kappa shape index (κ3) is 11.5. The Hall–Kier alpha value is -0.460. The van der Waals surface area contributed by atoms with Crippen molar-refractivity contribution in [2.24, 2.45) is 0 Å². The molecule has 1 aromatic rings. The molecule has 0 heterocycles. The second-order valence-electron chi connectivity index (χ2n) is 4.12. The first-order valence-corrected chi connectivity index (χ1v) is 14.0. The van der Waals surface area contributed by atoms with Crippen molar-refractivity contribution in [3.63, 3.8) is 0 Å². The average molecular weight is 277 g/mol. The van der Waals surface area contributed by atoms with Crippen LogP contribution in [0.3, 0.4) is 0 Å². The Bertz CT molecular complexity index is 304. The summed E-state index contributed by atoms with van der Waals surface area (Å²) in [5, 5.41) is 0. The molecule has 80 valence electrons. The van der Waals surface area contributed by atoms with Gasteiger partial charge in [-0.2, -0.15) is 0 Å². The molecule has 0 N–H and O–H groups in total. The van der Waals surface area contributed by atoms with Gasteiger partial charge in [0.25, 0.3) is 0 Å². The molecule has 0 saturated carbocycles. The molecule has 0 spiro atoms. The first-order valence-electron chi connectivity index (χ1n) is 5.16. The van der Waals surface area contributed by atoms with Crippen LogP contribution in [0.2, 0.25) is 30.4 Å². The molecule has 0 atom stereocenters. The summed E-state index contributed by atoms with van der Waals surface area (Å²) < 4.78 is 0. The molecule has 0 bridgehead atoms. The van der Waals surface area contributed by atoms with Crippen LogP contribution in [-0.4, -0.2) is 23.1 Å². The van der Waals surface area contributed by atoms with Crippen LogP contribution in [0.15, 0.2) is 30.3 Å². The van der Waals surface area contributed by atoms with E-state index < -0.39 is 8.80 Å². The summed E-state index contributed by atoms with van der Waals surface area (Å²) in [6.07, 6.45) is 0. The van der Waals surface area contributed by atoms with Crippen LogP contribution in [0.4, 0.5) is 0 Å². The van der Waals surface area contributed by atoms with E-state index >= 15 is 0 Å². The van der Waals surface area contributed by atoms with E-state index in [1.807, 2.05) is 30.3 Å². The van der Waals surface area contributed by atoms with Gasteiger partial charge in [0.2, 0.25) is 0 Å². The molecule has 1 aromatic carbocycles. The van der Waals surface area contributed by atoms with Crippen LogP contribution in [-0.2, 0) is 0 Å². The molecule has 1 rings (SSSR count). The zero-order chi connectivity index (χ0) is 11.7. The molecule has 0 aliphatic carbocycles. The van der Waals surface area contributed by atoms with Gasteiger partial charge in [0.05, 0.1) is 0 Å². The summed E-state index contributed by atoms with van der Waals surface area (Å²) in [5.74, 6) is 10.1. The van der Waals surface area contributed by atoms with E-state index in [4.69, 9.17) is 0 Å².